The standard InChI is InChI=1S/C21H28N6O2/c1-21(2,3)27-20(23-24-25-27)19(16-8-10-22-11-9-16)26(14-17-6-4-12-28-17)15-18-7-5-13-29-18/h4,6,8-12,18-19H,5,7,13-15H2,1-3H3/t18-,19+/m0/s1. The summed E-state index contributed by atoms with van der Waals surface area (Å²) in [7, 11) is 0. The van der Waals surface area contributed by atoms with E-state index in [9.17, 15) is 0 Å². The molecule has 0 spiro atoms. The first-order valence-electron chi connectivity index (χ1n) is 10.1. The van der Waals surface area contributed by atoms with Gasteiger partial charge in [-0.2, -0.15) is 0 Å². The van der Waals surface area contributed by atoms with Crippen LogP contribution >= 0.6 is 0 Å². The van der Waals surface area contributed by atoms with Crippen molar-refractivity contribution < 1.29 is 9.15 Å². The van der Waals surface area contributed by atoms with E-state index in [0.717, 1.165) is 43.1 Å². The topological polar surface area (TPSA) is 82.1 Å². The first-order chi connectivity index (χ1) is 14.0. The Kier molecular flexibility index (Phi) is 5.73. The summed E-state index contributed by atoms with van der Waals surface area (Å²) in [5.74, 6) is 1.70. The van der Waals surface area contributed by atoms with Gasteiger partial charge in [0.25, 0.3) is 0 Å². The van der Waals surface area contributed by atoms with Gasteiger partial charge < -0.3 is 9.15 Å². The molecule has 0 unspecified atom stereocenters. The highest BCUT2D eigenvalue weighted by atomic mass is 16.5. The highest BCUT2D eigenvalue weighted by molar-refractivity contribution is 5.23. The molecule has 3 aromatic rings. The van der Waals surface area contributed by atoms with E-state index in [-0.39, 0.29) is 17.7 Å². The van der Waals surface area contributed by atoms with Gasteiger partial charge in [-0.25, -0.2) is 4.68 Å². The second-order valence-corrected chi connectivity index (χ2v) is 8.45. The van der Waals surface area contributed by atoms with E-state index >= 15 is 0 Å². The lowest BCUT2D eigenvalue weighted by molar-refractivity contribution is 0.0538. The molecule has 0 amide bonds. The molecule has 1 fully saturated rings. The average Bonchev–Trinajstić information content (AvgIpc) is 3.45. The van der Waals surface area contributed by atoms with E-state index in [1.54, 1.807) is 6.26 Å². The van der Waals surface area contributed by atoms with Crippen molar-refractivity contribution in [1.82, 2.24) is 30.1 Å². The van der Waals surface area contributed by atoms with Gasteiger partial charge in [0.15, 0.2) is 5.82 Å². The Morgan fingerprint density at radius 1 is 1.24 bits per heavy atom. The summed E-state index contributed by atoms with van der Waals surface area (Å²) in [4.78, 5) is 6.54. The number of furan rings is 1. The van der Waals surface area contributed by atoms with Crippen molar-refractivity contribution in [2.24, 2.45) is 0 Å². The third kappa shape index (κ3) is 4.54. The number of rotatable bonds is 7. The van der Waals surface area contributed by atoms with E-state index in [2.05, 4.69) is 46.2 Å². The van der Waals surface area contributed by atoms with Gasteiger partial charge in [0, 0.05) is 25.5 Å². The van der Waals surface area contributed by atoms with Gasteiger partial charge in [-0.05, 0) is 73.9 Å². The zero-order chi connectivity index (χ0) is 20.3. The Hall–Kier alpha value is -2.58. The Balaban J connectivity index is 1.76. The molecule has 0 aliphatic carbocycles. The summed E-state index contributed by atoms with van der Waals surface area (Å²) < 4.78 is 13.5. The fourth-order valence-corrected chi connectivity index (χ4v) is 3.83. The molecule has 29 heavy (non-hydrogen) atoms. The smallest absolute Gasteiger partial charge is 0.173 e. The first kappa shape index (κ1) is 19.7. The van der Waals surface area contributed by atoms with Crippen LogP contribution in [-0.2, 0) is 16.8 Å². The molecule has 8 nitrogen and oxygen atoms in total. The first-order valence-corrected chi connectivity index (χ1v) is 10.1. The molecule has 0 saturated carbocycles. The van der Waals surface area contributed by atoms with Crippen molar-refractivity contribution in [3.8, 4) is 0 Å². The zero-order valence-electron chi connectivity index (χ0n) is 17.2. The van der Waals surface area contributed by atoms with Gasteiger partial charge in [-0.1, -0.05) is 0 Å². The van der Waals surface area contributed by atoms with Crippen LogP contribution in [0.1, 0.15) is 56.8 Å². The maximum absolute atomic E-state index is 5.96. The fourth-order valence-electron chi connectivity index (χ4n) is 3.83. The summed E-state index contributed by atoms with van der Waals surface area (Å²) in [6.07, 6.45) is 7.67. The van der Waals surface area contributed by atoms with Crippen LogP contribution in [0, 0.1) is 0 Å². The third-order valence-corrected chi connectivity index (χ3v) is 5.16. The predicted octanol–water partition coefficient (Wildman–Crippen LogP) is 3.19. The Labute approximate surface area is 170 Å². The molecular weight excluding hydrogens is 368 g/mol. The molecule has 4 rings (SSSR count). The van der Waals surface area contributed by atoms with Gasteiger partial charge in [-0.3, -0.25) is 9.88 Å². The summed E-state index contributed by atoms with van der Waals surface area (Å²) in [6.45, 7) is 8.54. The Morgan fingerprint density at radius 2 is 2.07 bits per heavy atom. The van der Waals surface area contributed by atoms with Gasteiger partial charge in [0.05, 0.1) is 30.5 Å². The average molecular weight is 396 g/mol. The third-order valence-electron chi connectivity index (χ3n) is 5.16. The van der Waals surface area contributed by atoms with Crippen LogP contribution in [-0.4, -0.2) is 49.3 Å². The van der Waals surface area contributed by atoms with E-state index in [0.29, 0.717) is 6.54 Å². The molecule has 1 aliphatic rings. The van der Waals surface area contributed by atoms with Crippen molar-refractivity contribution in [2.45, 2.75) is 57.8 Å². The quantitative estimate of drug-likeness (QED) is 0.606. The molecule has 4 heterocycles. The zero-order valence-corrected chi connectivity index (χ0v) is 17.2. The summed E-state index contributed by atoms with van der Waals surface area (Å²) in [6, 6.07) is 7.81. The van der Waals surface area contributed by atoms with E-state index in [1.165, 1.54) is 0 Å². The van der Waals surface area contributed by atoms with Crippen molar-refractivity contribution in [2.75, 3.05) is 13.2 Å². The second kappa shape index (κ2) is 8.42. The van der Waals surface area contributed by atoms with Crippen LogP contribution in [0.4, 0.5) is 0 Å². The molecule has 0 aromatic carbocycles. The Bertz CT molecular complexity index is 882. The van der Waals surface area contributed by atoms with Crippen LogP contribution in [0.15, 0.2) is 47.3 Å². The minimum Gasteiger partial charge on any atom is -0.468 e. The molecule has 0 radical (unpaired) electrons. The molecule has 1 aliphatic heterocycles. The van der Waals surface area contributed by atoms with Gasteiger partial charge in [-0.15, -0.1) is 5.10 Å². The largest absolute Gasteiger partial charge is 0.468 e. The SMILES string of the molecule is CC(C)(C)n1nnnc1[C@@H](c1ccncc1)N(Cc1ccco1)C[C@@H]1CCCO1. The highest BCUT2D eigenvalue weighted by Crippen LogP contribution is 2.32. The van der Waals surface area contributed by atoms with E-state index < -0.39 is 0 Å². The van der Waals surface area contributed by atoms with E-state index in [4.69, 9.17) is 9.15 Å². The number of ether oxygens (including phenoxy) is 1. The lowest BCUT2D eigenvalue weighted by Gasteiger charge is -2.33. The predicted molar refractivity (Wildman–Crippen MR) is 107 cm³/mol. The second-order valence-electron chi connectivity index (χ2n) is 8.45. The molecule has 0 N–H and O–H groups in total. The maximum atomic E-state index is 5.96. The number of hydrogen-bond acceptors (Lipinski definition) is 7. The number of aromatic nitrogens is 5. The van der Waals surface area contributed by atoms with E-state index in [1.807, 2.05) is 41.3 Å². The number of pyridine rings is 1. The molecule has 1 saturated heterocycles. The number of hydrogen-bond donors (Lipinski definition) is 0. The molecule has 2 atom stereocenters. The fraction of sp³-hybridized carbons (Fsp3) is 0.524. The molecule has 3 aromatic heterocycles. The number of nitrogens with zero attached hydrogens (tertiary/aromatic N) is 6. The minimum absolute atomic E-state index is 0.151. The van der Waals surface area contributed by atoms with Crippen LogP contribution in [0.25, 0.3) is 0 Å². The normalized spacial score (nSPS) is 18.4. The van der Waals surface area contributed by atoms with Crippen molar-refractivity contribution in [3.05, 3.63) is 60.1 Å². The monoisotopic (exact) mass is 396 g/mol. The van der Waals surface area contributed by atoms with Gasteiger partial charge in [0.2, 0.25) is 0 Å². The molecule has 0 bridgehead atoms. The summed E-state index contributed by atoms with van der Waals surface area (Å²) in [5.41, 5.74) is 0.842. The lowest BCUT2D eigenvalue weighted by atomic mass is 10.0. The molecular formula is C21H28N6O2. The van der Waals surface area contributed by atoms with Gasteiger partial charge >= 0.3 is 0 Å². The summed E-state index contributed by atoms with van der Waals surface area (Å²) >= 11 is 0. The van der Waals surface area contributed by atoms with Crippen molar-refractivity contribution >= 4 is 0 Å². The van der Waals surface area contributed by atoms with Crippen LogP contribution in [0.5, 0.6) is 0 Å². The van der Waals surface area contributed by atoms with Crippen LogP contribution in [0.2, 0.25) is 0 Å². The van der Waals surface area contributed by atoms with Crippen molar-refractivity contribution in [1.29, 1.82) is 0 Å². The van der Waals surface area contributed by atoms with Crippen molar-refractivity contribution in [3.63, 3.8) is 0 Å². The maximum Gasteiger partial charge on any atom is 0.173 e. The molecule has 8 heteroatoms. The number of tetrazole rings is 1. The lowest BCUT2D eigenvalue weighted by Crippen LogP contribution is -2.38. The van der Waals surface area contributed by atoms with Crippen LogP contribution < -0.4 is 0 Å². The summed E-state index contributed by atoms with van der Waals surface area (Å²) in [5, 5.41) is 12.8. The van der Waals surface area contributed by atoms with Gasteiger partial charge in [0.1, 0.15) is 5.76 Å². The highest BCUT2D eigenvalue weighted by Gasteiger charge is 2.33. The molecule has 154 valence electrons. The Morgan fingerprint density at radius 3 is 2.72 bits per heavy atom. The van der Waals surface area contributed by atoms with Crippen LogP contribution in [0.3, 0.4) is 0 Å². The minimum atomic E-state index is -0.246.